The summed E-state index contributed by atoms with van der Waals surface area (Å²) >= 11 is 6.43. The van der Waals surface area contributed by atoms with E-state index in [9.17, 15) is 4.57 Å². The highest BCUT2D eigenvalue weighted by Crippen LogP contribution is 2.44. The van der Waals surface area contributed by atoms with Crippen LogP contribution in [0.3, 0.4) is 0 Å². The maximum Gasteiger partial charge on any atom is 0.173 e. The van der Waals surface area contributed by atoms with Crippen molar-refractivity contribution in [2.75, 3.05) is 0 Å². The van der Waals surface area contributed by atoms with Crippen molar-refractivity contribution in [1.29, 1.82) is 0 Å². The number of para-hydroxylation sites is 2. The zero-order valence-electron chi connectivity index (χ0n) is 15.5. The normalized spacial score (nSPS) is 11.8. The summed E-state index contributed by atoms with van der Waals surface area (Å²) in [6, 6.07) is 33.0. The maximum absolute atomic E-state index is 14.8. The Hall–Kier alpha value is -2.93. The van der Waals surface area contributed by atoms with E-state index in [4.69, 9.17) is 16.6 Å². The van der Waals surface area contributed by atoms with E-state index < -0.39 is 7.14 Å². The van der Waals surface area contributed by atoms with Gasteiger partial charge in [-0.1, -0.05) is 96.5 Å². The van der Waals surface area contributed by atoms with Crippen molar-refractivity contribution in [3.63, 3.8) is 0 Å². The molecule has 0 fully saturated rings. The molecule has 0 spiro atoms. The molecule has 0 N–H and O–H groups in total. The number of pyridine rings is 1. The van der Waals surface area contributed by atoms with Crippen molar-refractivity contribution in [3.8, 4) is 0 Å². The molecule has 0 aliphatic heterocycles. The van der Waals surface area contributed by atoms with Gasteiger partial charge in [-0.3, -0.25) is 0 Å². The molecule has 4 aromatic carbocycles. The number of fused-ring (bicyclic) bond motifs is 2. The van der Waals surface area contributed by atoms with E-state index in [1.807, 2.05) is 97.1 Å². The lowest BCUT2D eigenvalue weighted by molar-refractivity contribution is 0.592. The minimum atomic E-state index is -3.12. The van der Waals surface area contributed by atoms with Gasteiger partial charge >= 0.3 is 0 Å². The molecule has 0 bridgehead atoms. The van der Waals surface area contributed by atoms with Crippen LogP contribution in [-0.2, 0) is 4.57 Å². The van der Waals surface area contributed by atoms with Crippen LogP contribution < -0.4 is 15.9 Å². The third-order valence-electron chi connectivity index (χ3n) is 5.18. The van der Waals surface area contributed by atoms with Crippen molar-refractivity contribution in [2.45, 2.75) is 0 Å². The van der Waals surface area contributed by atoms with Crippen LogP contribution in [0.4, 0.5) is 0 Å². The molecule has 0 amide bonds. The molecule has 2 nitrogen and oxygen atoms in total. The summed E-state index contributed by atoms with van der Waals surface area (Å²) in [7, 11) is -3.12. The van der Waals surface area contributed by atoms with Gasteiger partial charge in [0.1, 0.15) is 0 Å². The molecule has 0 radical (unpaired) electrons. The molecule has 0 saturated carbocycles. The van der Waals surface area contributed by atoms with Crippen LogP contribution in [0.1, 0.15) is 0 Å². The van der Waals surface area contributed by atoms with Gasteiger partial charge in [-0.15, -0.1) is 0 Å². The van der Waals surface area contributed by atoms with Gasteiger partial charge < -0.3 is 4.57 Å². The number of hydrogen-bond donors (Lipinski definition) is 0. The van der Waals surface area contributed by atoms with Gasteiger partial charge in [-0.2, -0.15) is 0 Å². The smallest absolute Gasteiger partial charge is 0.173 e. The quantitative estimate of drug-likeness (QED) is 0.281. The number of nitrogens with zero attached hydrogens (tertiary/aromatic N) is 1. The molecule has 0 aliphatic rings. The predicted octanol–water partition coefficient (Wildman–Crippen LogP) is 5.68. The van der Waals surface area contributed by atoms with E-state index >= 15 is 0 Å². The summed E-state index contributed by atoms with van der Waals surface area (Å²) in [6.07, 6.45) is 0. The minimum absolute atomic E-state index is 0.591. The van der Waals surface area contributed by atoms with Crippen molar-refractivity contribution >= 4 is 56.5 Å². The van der Waals surface area contributed by atoms with Gasteiger partial charge in [0, 0.05) is 26.7 Å². The highest BCUT2D eigenvalue weighted by Gasteiger charge is 2.31. The molecule has 1 heterocycles. The van der Waals surface area contributed by atoms with Crippen molar-refractivity contribution in [3.05, 3.63) is 108 Å². The molecule has 4 heteroatoms. The standard InChI is InChI=1S/C25H17ClNOP/c26-22-15-7-9-18-17-19-10-8-16-23(25(19)27-24(18)22)29(28,20-11-3-1-4-12-20)21-13-5-2-6-14-21/h1-17H. The van der Waals surface area contributed by atoms with Crippen LogP contribution in [0, 0.1) is 0 Å². The molecule has 0 unspecified atom stereocenters. The third-order valence-corrected chi connectivity index (χ3v) is 8.57. The topological polar surface area (TPSA) is 30.0 Å². The molecule has 5 aromatic rings. The second-order valence-electron chi connectivity index (χ2n) is 6.93. The van der Waals surface area contributed by atoms with Gasteiger partial charge in [0.05, 0.1) is 16.1 Å². The highest BCUT2D eigenvalue weighted by atomic mass is 35.5. The summed E-state index contributed by atoms with van der Waals surface area (Å²) in [6.45, 7) is 0. The Morgan fingerprint density at radius 1 is 0.621 bits per heavy atom. The number of aromatic nitrogens is 1. The Balaban J connectivity index is 1.90. The monoisotopic (exact) mass is 413 g/mol. The average molecular weight is 414 g/mol. The molecule has 1 aromatic heterocycles. The van der Waals surface area contributed by atoms with Crippen LogP contribution in [0.15, 0.2) is 103 Å². The highest BCUT2D eigenvalue weighted by molar-refractivity contribution is 7.85. The van der Waals surface area contributed by atoms with E-state index in [2.05, 4.69) is 6.07 Å². The number of benzene rings is 4. The predicted molar refractivity (Wildman–Crippen MR) is 124 cm³/mol. The summed E-state index contributed by atoms with van der Waals surface area (Å²) < 4.78 is 14.8. The Morgan fingerprint density at radius 3 is 1.79 bits per heavy atom. The summed E-state index contributed by atoms with van der Waals surface area (Å²) in [5.41, 5.74) is 1.45. The van der Waals surface area contributed by atoms with Crippen molar-refractivity contribution in [2.24, 2.45) is 0 Å². The summed E-state index contributed by atoms with van der Waals surface area (Å²) in [5, 5.41) is 4.82. The fraction of sp³-hybridized carbons (Fsp3) is 0. The van der Waals surface area contributed by atoms with Gasteiger partial charge in [0.2, 0.25) is 0 Å². The average Bonchev–Trinajstić information content (AvgIpc) is 2.78. The van der Waals surface area contributed by atoms with E-state index in [1.165, 1.54) is 0 Å². The van der Waals surface area contributed by atoms with E-state index in [0.29, 0.717) is 5.02 Å². The Labute approximate surface area is 174 Å². The summed E-state index contributed by atoms with van der Waals surface area (Å²) in [5.74, 6) is 0. The molecule has 5 rings (SSSR count). The van der Waals surface area contributed by atoms with E-state index in [-0.39, 0.29) is 0 Å². The van der Waals surface area contributed by atoms with Crippen LogP contribution in [-0.4, -0.2) is 4.98 Å². The van der Waals surface area contributed by atoms with Crippen LogP contribution in [0.25, 0.3) is 21.8 Å². The first kappa shape index (κ1) is 18.1. The minimum Gasteiger partial charge on any atom is -0.309 e. The molecule has 0 atom stereocenters. The number of rotatable bonds is 3. The lowest BCUT2D eigenvalue weighted by Gasteiger charge is -2.21. The molecule has 29 heavy (non-hydrogen) atoms. The van der Waals surface area contributed by atoms with Gasteiger partial charge in [-0.25, -0.2) is 4.98 Å². The first-order valence-corrected chi connectivity index (χ1v) is 11.5. The Kier molecular flexibility index (Phi) is 4.47. The van der Waals surface area contributed by atoms with Crippen LogP contribution in [0.5, 0.6) is 0 Å². The van der Waals surface area contributed by atoms with Crippen LogP contribution in [0.2, 0.25) is 5.02 Å². The van der Waals surface area contributed by atoms with Gasteiger partial charge in [-0.05, 0) is 18.2 Å². The Morgan fingerprint density at radius 2 is 1.17 bits per heavy atom. The summed E-state index contributed by atoms with van der Waals surface area (Å²) in [4.78, 5) is 4.89. The fourth-order valence-corrected chi connectivity index (χ4v) is 6.83. The first-order chi connectivity index (χ1) is 14.2. The lowest BCUT2D eigenvalue weighted by atomic mass is 10.1. The number of halogens is 1. The lowest BCUT2D eigenvalue weighted by Crippen LogP contribution is -2.25. The largest absolute Gasteiger partial charge is 0.309 e. The molecular weight excluding hydrogens is 397 g/mol. The van der Waals surface area contributed by atoms with E-state index in [0.717, 1.165) is 37.7 Å². The zero-order chi connectivity index (χ0) is 19.8. The molecular formula is C25H17ClNOP. The van der Waals surface area contributed by atoms with Gasteiger partial charge in [0.15, 0.2) is 7.14 Å². The third kappa shape index (κ3) is 2.97. The SMILES string of the molecule is O=P(c1ccccc1)(c1ccccc1)c1cccc2cc3cccc(Cl)c3nc12. The number of hydrogen-bond acceptors (Lipinski definition) is 2. The van der Waals surface area contributed by atoms with E-state index in [1.54, 1.807) is 0 Å². The van der Waals surface area contributed by atoms with Gasteiger partial charge in [0.25, 0.3) is 0 Å². The van der Waals surface area contributed by atoms with Crippen LogP contribution >= 0.6 is 18.7 Å². The Bertz CT molecular complexity index is 1340. The molecule has 140 valence electrons. The first-order valence-electron chi connectivity index (χ1n) is 9.38. The maximum atomic E-state index is 14.8. The molecule has 0 aliphatic carbocycles. The fourth-order valence-electron chi connectivity index (χ4n) is 3.79. The zero-order valence-corrected chi connectivity index (χ0v) is 17.1. The van der Waals surface area contributed by atoms with Crippen molar-refractivity contribution in [1.82, 2.24) is 4.98 Å². The second kappa shape index (κ2) is 7.15. The van der Waals surface area contributed by atoms with Crippen molar-refractivity contribution < 1.29 is 4.57 Å². The second-order valence-corrected chi connectivity index (χ2v) is 10.1. The molecule has 0 saturated heterocycles.